The number of aromatic nitrogens is 2. The molecule has 2 aliphatic heterocycles. The summed E-state index contributed by atoms with van der Waals surface area (Å²) in [5.74, 6) is -1.66. The van der Waals surface area contributed by atoms with Crippen LogP contribution in [0.3, 0.4) is 0 Å². The zero-order chi connectivity index (χ0) is 21.6. The summed E-state index contributed by atoms with van der Waals surface area (Å²) >= 11 is 0. The van der Waals surface area contributed by atoms with Crippen molar-refractivity contribution in [3.63, 3.8) is 0 Å². The Labute approximate surface area is 170 Å². The number of amides is 2. The summed E-state index contributed by atoms with van der Waals surface area (Å²) < 4.78 is 56.7. The van der Waals surface area contributed by atoms with Gasteiger partial charge in [-0.05, 0) is 23.6 Å². The van der Waals surface area contributed by atoms with Gasteiger partial charge in [-0.15, -0.1) is 0 Å². The van der Waals surface area contributed by atoms with Crippen molar-refractivity contribution in [2.45, 2.75) is 18.8 Å². The number of nitrogens with zero attached hydrogens (tertiary/aromatic N) is 5. The second-order valence-corrected chi connectivity index (χ2v) is 7.96. The first-order valence-electron chi connectivity index (χ1n) is 9.49. The van der Waals surface area contributed by atoms with Crippen LogP contribution in [0.15, 0.2) is 28.8 Å². The summed E-state index contributed by atoms with van der Waals surface area (Å²) in [6.45, 7) is 1.66. The third kappa shape index (κ3) is 3.85. The summed E-state index contributed by atoms with van der Waals surface area (Å²) in [7, 11) is 3.33. The molecule has 1 aromatic heterocycles. The predicted molar refractivity (Wildman–Crippen MR) is 96.5 cm³/mol. The lowest BCUT2D eigenvalue weighted by Crippen LogP contribution is -2.41. The Kier molecular flexibility index (Phi) is 5.16. The van der Waals surface area contributed by atoms with Gasteiger partial charge in [-0.2, -0.15) is 18.2 Å². The molecule has 3 atom stereocenters. The van der Waals surface area contributed by atoms with Crippen molar-refractivity contribution in [2.75, 3.05) is 33.7 Å². The van der Waals surface area contributed by atoms with Crippen LogP contribution in [-0.2, 0) is 12.7 Å². The normalized spacial score (nSPS) is 24.3. The lowest BCUT2D eigenvalue weighted by Gasteiger charge is -2.31. The molecule has 0 bridgehead atoms. The minimum absolute atomic E-state index is 0.0145. The number of rotatable bonds is 3. The van der Waals surface area contributed by atoms with Crippen molar-refractivity contribution in [1.82, 2.24) is 24.8 Å². The fourth-order valence-corrected chi connectivity index (χ4v) is 4.46. The lowest BCUT2D eigenvalue weighted by atomic mass is 9.89. The largest absolute Gasteiger partial charge is 0.455 e. The van der Waals surface area contributed by atoms with Gasteiger partial charge in [0.25, 0.3) is 5.82 Å². The third-order valence-corrected chi connectivity index (χ3v) is 5.64. The van der Waals surface area contributed by atoms with Crippen LogP contribution in [0.5, 0.6) is 0 Å². The molecular formula is C19H21F4N5O2. The Morgan fingerprint density at radius 1 is 1.27 bits per heavy atom. The highest BCUT2D eigenvalue weighted by atomic mass is 19.4. The van der Waals surface area contributed by atoms with E-state index in [0.29, 0.717) is 25.2 Å². The van der Waals surface area contributed by atoms with Gasteiger partial charge in [-0.25, -0.2) is 9.18 Å². The molecule has 30 heavy (non-hydrogen) atoms. The van der Waals surface area contributed by atoms with Crippen LogP contribution in [0.4, 0.5) is 22.4 Å². The molecule has 0 saturated carbocycles. The molecule has 2 amide bonds. The number of benzene rings is 1. The van der Waals surface area contributed by atoms with Crippen molar-refractivity contribution in [2.24, 2.45) is 11.8 Å². The van der Waals surface area contributed by atoms with Crippen LogP contribution in [0, 0.1) is 17.7 Å². The van der Waals surface area contributed by atoms with Crippen LogP contribution in [0.2, 0.25) is 0 Å². The second-order valence-electron chi connectivity index (χ2n) is 7.96. The maximum Gasteiger partial charge on any atom is 0.455 e. The van der Waals surface area contributed by atoms with E-state index < -0.39 is 12.0 Å². The van der Waals surface area contributed by atoms with Gasteiger partial charge >= 0.3 is 12.2 Å². The van der Waals surface area contributed by atoms with E-state index in [0.717, 1.165) is 0 Å². The number of alkyl halides is 3. The van der Waals surface area contributed by atoms with Crippen molar-refractivity contribution >= 4 is 6.03 Å². The average Bonchev–Trinajstić information content (AvgIpc) is 3.35. The van der Waals surface area contributed by atoms with E-state index in [1.165, 1.54) is 17.0 Å². The van der Waals surface area contributed by atoms with Gasteiger partial charge in [0, 0.05) is 39.6 Å². The summed E-state index contributed by atoms with van der Waals surface area (Å²) in [5, 5.41) is 2.99. The predicted octanol–water partition coefficient (Wildman–Crippen LogP) is 3.01. The number of carbonyl (C=O) groups excluding carboxylic acids is 1. The average molecular weight is 427 g/mol. The molecule has 2 fully saturated rings. The quantitative estimate of drug-likeness (QED) is 0.705. The van der Waals surface area contributed by atoms with E-state index in [9.17, 15) is 22.4 Å². The van der Waals surface area contributed by atoms with E-state index in [1.54, 1.807) is 31.1 Å². The second kappa shape index (κ2) is 7.53. The molecule has 7 nitrogen and oxygen atoms in total. The Hall–Kier alpha value is -2.69. The van der Waals surface area contributed by atoms with E-state index in [-0.39, 0.29) is 42.2 Å². The molecule has 0 spiro atoms. The van der Waals surface area contributed by atoms with E-state index in [2.05, 4.69) is 10.1 Å². The minimum Gasteiger partial charge on any atom is -0.338 e. The highest BCUT2D eigenvalue weighted by Crippen LogP contribution is 2.45. The molecule has 0 N–H and O–H groups in total. The standard InChI is InChI=1S/C19H21F4N5O2/c1-26(2)18(29)28-8-12-7-27(10-15-24-17(25-30-15)19(21,22)23)9-14(12)16(28)11-4-3-5-13(20)6-11/h3-6,12,14,16H,7-10H2,1-2H3/t12-,14-,16-/m1/s1. The Morgan fingerprint density at radius 2 is 2.03 bits per heavy atom. The zero-order valence-electron chi connectivity index (χ0n) is 16.4. The van der Waals surface area contributed by atoms with Crippen molar-refractivity contribution < 1.29 is 26.9 Å². The number of urea groups is 1. The maximum absolute atomic E-state index is 13.9. The van der Waals surface area contributed by atoms with E-state index >= 15 is 0 Å². The van der Waals surface area contributed by atoms with Crippen LogP contribution < -0.4 is 0 Å². The topological polar surface area (TPSA) is 65.7 Å². The van der Waals surface area contributed by atoms with E-state index in [4.69, 9.17) is 4.52 Å². The SMILES string of the molecule is CN(C)C(=O)N1C[C@H]2CN(Cc3nc(C(F)(F)F)no3)C[C@H]2[C@H]1c1cccc(F)c1. The number of hydrogen-bond acceptors (Lipinski definition) is 5. The third-order valence-electron chi connectivity index (χ3n) is 5.64. The molecule has 2 aliphatic rings. The molecular weight excluding hydrogens is 406 g/mol. The van der Waals surface area contributed by atoms with Gasteiger partial charge in [0.2, 0.25) is 5.89 Å². The molecule has 11 heteroatoms. The first kappa shape index (κ1) is 20.6. The fraction of sp³-hybridized carbons (Fsp3) is 0.526. The molecule has 162 valence electrons. The summed E-state index contributed by atoms with van der Waals surface area (Å²) in [5.41, 5.74) is 0.705. The van der Waals surface area contributed by atoms with E-state index in [1.807, 2.05) is 4.90 Å². The molecule has 1 aromatic carbocycles. The molecule has 0 unspecified atom stereocenters. The lowest BCUT2D eigenvalue weighted by molar-refractivity contribution is -0.146. The molecule has 4 rings (SSSR count). The van der Waals surface area contributed by atoms with Crippen LogP contribution in [0.25, 0.3) is 0 Å². The van der Waals surface area contributed by atoms with Crippen molar-refractivity contribution in [3.05, 3.63) is 47.4 Å². The fourth-order valence-electron chi connectivity index (χ4n) is 4.46. The number of fused-ring (bicyclic) bond motifs is 1. The highest BCUT2D eigenvalue weighted by molar-refractivity contribution is 5.75. The van der Waals surface area contributed by atoms with Crippen molar-refractivity contribution in [3.8, 4) is 0 Å². The van der Waals surface area contributed by atoms with Crippen LogP contribution in [0.1, 0.15) is 23.3 Å². The van der Waals surface area contributed by atoms with Crippen LogP contribution in [-0.4, -0.2) is 64.6 Å². The Bertz CT molecular complexity index is 932. The van der Waals surface area contributed by atoms with Gasteiger partial charge in [0.05, 0.1) is 12.6 Å². The zero-order valence-corrected chi connectivity index (χ0v) is 16.4. The van der Waals surface area contributed by atoms with Gasteiger partial charge in [0.15, 0.2) is 0 Å². The Balaban J connectivity index is 1.54. The molecule has 2 saturated heterocycles. The first-order valence-corrected chi connectivity index (χ1v) is 9.49. The molecule has 0 aliphatic carbocycles. The highest BCUT2D eigenvalue weighted by Gasteiger charge is 2.49. The maximum atomic E-state index is 13.9. The number of halogens is 4. The van der Waals surface area contributed by atoms with Crippen molar-refractivity contribution in [1.29, 1.82) is 0 Å². The number of hydrogen-bond donors (Lipinski definition) is 0. The van der Waals surface area contributed by atoms with Gasteiger partial charge in [0.1, 0.15) is 5.82 Å². The first-order chi connectivity index (χ1) is 14.1. The number of likely N-dealkylation sites (tertiary alicyclic amines) is 2. The molecule has 2 aromatic rings. The molecule has 0 radical (unpaired) electrons. The summed E-state index contributed by atoms with van der Waals surface area (Å²) in [6.07, 6.45) is -4.65. The molecule has 3 heterocycles. The van der Waals surface area contributed by atoms with Gasteiger partial charge in [-0.3, -0.25) is 4.90 Å². The number of carbonyl (C=O) groups is 1. The minimum atomic E-state index is -4.65. The monoisotopic (exact) mass is 427 g/mol. The summed E-state index contributed by atoms with van der Waals surface area (Å²) in [4.78, 5) is 21.3. The summed E-state index contributed by atoms with van der Waals surface area (Å²) in [6, 6.07) is 5.71. The van der Waals surface area contributed by atoms with Gasteiger partial charge in [-0.1, -0.05) is 17.3 Å². The smallest absolute Gasteiger partial charge is 0.338 e. The van der Waals surface area contributed by atoms with Crippen LogP contribution >= 0.6 is 0 Å². The Morgan fingerprint density at radius 3 is 2.67 bits per heavy atom. The van der Waals surface area contributed by atoms with Gasteiger partial charge < -0.3 is 14.3 Å².